The first-order valence-electron chi connectivity index (χ1n) is 2.24. The van der Waals surface area contributed by atoms with E-state index >= 15 is 0 Å². The maximum Gasteiger partial charge on any atom is 0.321 e. The van der Waals surface area contributed by atoms with Crippen LogP contribution < -0.4 is 5.73 Å². The number of nitrogens with two attached hydrogens (primary N) is 1. The van der Waals surface area contributed by atoms with E-state index in [0.717, 1.165) is 0 Å². The van der Waals surface area contributed by atoms with E-state index in [4.69, 9.17) is 15.9 Å². The third kappa shape index (κ3) is 12.5. The van der Waals surface area contributed by atoms with E-state index in [1.807, 2.05) is 0 Å². The fourth-order valence-electron chi connectivity index (χ4n) is 0.275. The van der Waals surface area contributed by atoms with Crippen molar-refractivity contribution in [2.45, 2.75) is 12.5 Å². The van der Waals surface area contributed by atoms with E-state index < -0.39 is 24.4 Å². The van der Waals surface area contributed by atoms with Gasteiger partial charge in [0.05, 0.1) is 6.42 Å². The van der Waals surface area contributed by atoms with Gasteiger partial charge >= 0.3 is 11.9 Å². The molecule has 12 heavy (non-hydrogen) atoms. The van der Waals surface area contributed by atoms with Crippen LogP contribution in [0.15, 0.2) is 0 Å². The van der Waals surface area contributed by atoms with Crippen molar-refractivity contribution >= 4 is 41.5 Å². The van der Waals surface area contributed by atoms with Gasteiger partial charge in [0, 0.05) is 29.6 Å². The third-order valence-electron chi connectivity index (χ3n) is 0.712. The molecular weight excluding hydrogens is 181 g/mol. The molecule has 0 saturated heterocycles. The minimum absolute atomic E-state index is 0. The second kappa shape index (κ2) is 10.8. The van der Waals surface area contributed by atoms with Gasteiger partial charge in [0.15, 0.2) is 0 Å². The van der Waals surface area contributed by atoms with Gasteiger partial charge in [0.25, 0.3) is 0 Å². The number of carboxylic acid groups (broad SMARTS) is 2. The number of aliphatic carboxylic acids is 2. The first kappa shape index (κ1) is 22.6. The summed E-state index contributed by atoms with van der Waals surface area (Å²) < 4.78 is 0. The Hall–Kier alpha value is -0.180. The molecule has 0 aromatic carbocycles. The molecule has 0 fully saturated rings. The van der Waals surface area contributed by atoms with Gasteiger partial charge in [-0.3, -0.25) is 9.59 Å². The van der Waals surface area contributed by atoms with Gasteiger partial charge in [0.1, 0.15) is 6.04 Å². The van der Waals surface area contributed by atoms with Crippen molar-refractivity contribution in [3.05, 3.63) is 0 Å². The molecule has 8 heteroatoms. The summed E-state index contributed by atoms with van der Waals surface area (Å²) in [5.41, 5.74) is 4.84. The Balaban J connectivity index is -0.000000107. The van der Waals surface area contributed by atoms with E-state index in [1.165, 1.54) is 0 Å². The van der Waals surface area contributed by atoms with Gasteiger partial charge < -0.3 is 26.9 Å². The molecule has 0 aromatic heterocycles. The normalized spacial score (nSPS) is 9.42. The van der Waals surface area contributed by atoms with Gasteiger partial charge in [-0.1, -0.05) is 0 Å². The van der Waals surface area contributed by atoms with Crippen LogP contribution in [-0.2, 0) is 9.59 Å². The van der Waals surface area contributed by atoms with Gasteiger partial charge in [-0.05, 0) is 0 Å². The Morgan fingerprint density at radius 1 is 1.25 bits per heavy atom. The number of carboxylic acids is 2. The number of hydrogen-bond acceptors (Lipinski definition) is 3. The predicted octanol–water partition coefficient (Wildman–Crippen LogP) is -3.16. The molecule has 8 N–H and O–H groups in total. The summed E-state index contributed by atoms with van der Waals surface area (Å²) >= 11 is 0. The van der Waals surface area contributed by atoms with Crippen molar-refractivity contribution in [3.63, 3.8) is 0 Å². The van der Waals surface area contributed by atoms with Crippen LogP contribution in [0.5, 0.6) is 0 Å². The fraction of sp³-hybridized carbons (Fsp3) is 0.500. The zero-order valence-electron chi connectivity index (χ0n) is 6.57. The smallest absolute Gasteiger partial charge is 0.321 e. The van der Waals surface area contributed by atoms with Crippen molar-refractivity contribution in [2.24, 2.45) is 5.73 Å². The van der Waals surface area contributed by atoms with Crippen LogP contribution in [0.4, 0.5) is 0 Å². The Bertz CT molecular complexity index is 140. The maximum atomic E-state index is 9.85. The molecular formula is C4H11NNaO6. The average Bonchev–Trinajstić information content (AvgIpc) is 1.63. The third-order valence-corrected chi connectivity index (χ3v) is 0.712. The van der Waals surface area contributed by atoms with E-state index in [-0.39, 0.29) is 40.5 Å². The topological polar surface area (TPSA) is 164 Å². The standard InChI is InChI=1S/C4H7NO4.Na.2H2O/c5-2(4(8)9)1-3(6)7;;;/h2H,1,5H2,(H,6,7)(H,8,9);;2*1H2/t2-;;;/m0.../s1. The first-order valence-corrected chi connectivity index (χ1v) is 2.24. The van der Waals surface area contributed by atoms with Crippen molar-refractivity contribution in [2.75, 3.05) is 0 Å². The van der Waals surface area contributed by atoms with Crippen molar-refractivity contribution in [3.8, 4) is 0 Å². The molecule has 7 nitrogen and oxygen atoms in total. The Labute approximate surface area is 90.5 Å². The molecule has 0 saturated carbocycles. The fourth-order valence-corrected chi connectivity index (χ4v) is 0.275. The van der Waals surface area contributed by atoms with Gasteiger partial charge in [-0.25, -0.2) is 0 Å². The van der Waals surface area contributed by atoms with E-state index in [2.05, 4.69) is 0 Å². The summed E-state index contributed by atoms with van der Waals surface area (Å²) in [5, 5.41) is 16.0. The summed E-state index contributed by atoms with van der Waals surface area (Å²) in [6, 6.07) is -1.29. The van der Waals surface area contributed by atoms with Crippen molar-refractivity contribution in [1.82, 2.24) is 0 Å². The summed E-state index contributed by atoms with van der Waals surface area (Å²) in [6.45, 7) is 0. The summed E-state index contributed by atoms with van der Waals surface area (Å²) in [6.07, 6.45) is -0.532. The van der Waals surface area contributed by atoms with Gasteiger partial charge in [-0.2, -0.15) is 0 Å². The largest absolute Gasteiger partial charge is 0.481 e. The molecule has 0 amide bonds. The Morgan fingerprint density at radius 2 is 1.58 bits per heavy atom. The zero-order chi connectivity index (χ0) is 7.44. The summed E-state index contributed by atoms with van der Waals surface area (Å²) in [4.78, 5) is 19.6. The molecule has 0 aliphatic rings. The SMILES string of the molecule is N[C@@H](CC(=O)O)C(=O)O.O.O.[Na]. The van der Waals surface area contributed by atoms with Crippen LogP contribution in [0.2, 0.25) is 0 Å². The molecule has 0 rings (SSSR count). The molecule has 0 aliphatic carbocycles. The molecule has 0 heterocycles. The van der Waals surface area contributed by atoms with E-state index in [9.17, 15) is 9.59 Å². The van der Waals surface area contributed by atoms with Crippen LogP contribution in [0.1, 0.15) is 6.42 Å². The van der Waals surface area contributed by atoms with Gasteiger partial charge in [0.2, 0.25) is 0 Å². The van der Waals surface area contributed by atoms with E-state index in [0.29, 0.717) is 0 Å². The molecule has 0 bridgehead atoms. The number of carbonyl (C=O) groups is 2. The van der Waals surface area contributed by atoms with Crippen LogP contribution in [0.3, 0.4) is 0 Å². The zero-order valence-corrected chi connectivity index (χ0v) is 8.57. The maximum absolute atomic E-state index is 9.85. The number of hydrogen-bond donors (Lipinski definition) is 3. The molecule has 0 unspecified atom stereocenters. The number of rotatable bonds is 3. The molecule has 0 spiro atoms. The second-order valence-electron chi connectivity index (χ2n) is 1.54. The first-order chi connectivity index (χ1) is 4.04. The minimum Gasteiger partial charge on any atom is -0.481 e. The monoisotopic (exact) mass is 192 g/mol. The van der Waals surface area contributed by atoms with Crippen LogP contribution in [-0.4, -0.2) is 68.7 Å². The molecule has 0 aliphatic heterocycles. The Kier molecular flexibility index (Phi) is 20.4. The Morgan fingerprint density at radius 3 is 1.67 bits per heavy atom. The quantitative estimate of drug-likeness (QED) is 0.401. The van der Waals surface area contributed by atoms with E-state index in [1.54, 1.807) is 0 Å². The van der Waals surface area contributed by atoms with Crippen LogP contribution in [0, 0.1) is 0 Å². The predicted molar refractivity (Wildman–Crippen MR) is 40.8 cm³/mol. The molecule has 0 aromatic rings. The molecule has 1 radical (unpaired) electrons. The second-order valence-corrected chi connectivity index (χ2v) is 1.54. The average molecular weight is 192 g/mol. The molecule has 1 atom stereocenters. The van der Waals surface area contributed by atoms with Gasteiger partial charge in [-0.15, -0.1) is 0 Å². The van der Waals surface area contributed by atoms with Crippen LogP contribution in [0.25, 0.3) is 0 Å². The van der Waals surface area contributed by atoms with Crippen LogP contribution >= 0.6 is 0 Å². The summed E-state index contributed by atoms with van der Waals surface area (Å²) in [5.74, 6) is -2.50. The molecule has 69 valence electrons. The van der Waals surface area contributed by atoms with Crippen molar-refractivity contribution < 1.29 is 30.8 Å². The van der Waals surface area contributed by atoms with Crippen molar-refractivity contribution in [1.29, 1.82) is 0 Å². The summed E-state index contributed by atoms with van der Waals surface area (Å²) in [7, 11) is 0. The minimum atomic E-state index is -1.29.